The summed E-state index contributed by atoms with van der Waals surface area (Å²) in [6.45, 7) is 0.372. The zero-order valence-electron chi connectivity index (χ0n) is 12.3. The molecule has 1 aliphatic rings. The minimum absolute atomic E-state index is 0.0451. The van der Waals surface area contributed by atoms with Crippen LogP contribution < -0.4 is 15.2 Å². The molecule has 2 N–H and O–H groups in total. The summed E-state index contributed by atoms with van der Waals surface area (Å²) in [5.41, 5.74) is 6.00. The highest BCUT2D eigenvalue weighted by molar-refractivity contribution is 5.46. The minimum Gasteiger partial charge on any atom is -0.496 e. The molecule has 6 nitrogen and oxygen atoms in total. The zero-order valence-corrected chi connectivity index (χ0v) is 12.3. The van der Waals surface area contributed by atoms with E-state index < -0.39 is 4.92 Å². The topological polar surface area (TPSA) is 87.6 Å². The number of ether oxygens (including phenoxy) is 2. The van der Waals surface area contributed by atoms with Crippen molar-refractivity contribution in [2.75, 3.05) is 13.7 Å². The van der Waals surface area contributed by atoms with Crippen molar-refractivity contribution in [2.24, 2.45) is 5.73 Å². The molecule has 0 spiro atoms. The van der Waals surface area contributed by atoms with Gasteiger partial charge in [0, 0.05) is 6.07 Å². The van der Waals surface area contributed by atoms with Crippen LogP contribution in [0.2, 0.25) is 0 Å². The maximum Gasteiger partial charge on any atom is 0.276 e. The van der Waals surface area contributed by atoms with Crippen LogP contribution in [0.5, 0.6) is 11.5 Å². The first kappa shape index (κ1) is 15.6. The zero-order chi connectivity index (χ0) is 15.3. The van der Waals surface area contributed by atoms with Gasteiger partial charge in [-0.3, -0.25) is 10.1 Å². The predicted molar refractivity (Wildman–Crippen MR) is 79.8 cm³/mol. The third-order valence-electron chi connectivity index (χ3n) is 3.94. The van der Waals surface area contributed by atoms with Gasteiger partial charge in [-0.1, -0.05) is 25.7 Å². The summed E-state index contributed by atoms with van der Waals surface area (Å²) >= 11 is 0. The lowest BCUT2D eigenvalue weighted by atomic mass is 9.92. The van der Waals surface area contributed by atoms with Crippen molar-refractivity contribution in [3.8, 4) is 11.5 Å². The molecule has 0 bridgehead atoms. The van der Waals surface area contributed by atoms with Crippen LogP contribution in [0.15, 0.2) is 18.2 Å². The van der Waals surface area contributed by atoms with Gasteiger partial charge in [0.25, 0.3) is 5.69 Å². The molecular formula is C15H22N2O4. The van der Waals surface area contributed by atoms with Crippen LogP contribution in [0.3, 0.4) is 0 Å². The van der Waals surface area contributed by atoms with E-state index in [0.717, 1.165) is 25.7 Å². The molecule has 0 unspecified atom stereocenters. The van der Waals surface area contributed by atoms with Crippen molar-refractivity contribution in [1.29, 1.82) is 0 Å². The normalized spacial score (nSPS) is 17.8. The maximum absolute atomic E-state index is 10.9. The largest absolute Gasteiger partial charge is 0.496 e. The van der Waals surface area contributed by atoms with Crippen molar-refractivity contribution in [1.82, 2.24) is 0 Å². The Bertz CT molecular complexity index is 496. The van der Waals surface area contributed by atoms with Crippen molar-refractivity contribution in [3.05, 3.63) is 28.3 Å². The van der Waals surface area contributed by atoms with E-state index in [2.05, 4.69) is 0 Å². The van der Waals surface area contributed by atoms with Crippen LogP contribution in [0, 0.1) is 10.1 Å². The van der Waals surface area contributed by atoms with Crippen LogP contribution in [0.1, 0.15) is 38.5 Å². The molecule has 1 saturated carbocycles. The molecule has 0 aliphatic heterocycles. The quantitative estimate of drug-likeness (QED) is 0.512. The SMILES string of the molecule is COc1cc(OCC2(N)CCCCCC2)cc([N+](=O)[O-])c1. The Balaban J connectivity index is 2.08. The fraction of sp³-hybridized carbons (Fsp3) is 0.600. The number of non-ortho nitro benzene ring substituents is 1. The highest BCUT2D eigenvalue weighted by Gasteiger charge is 2.27. The van der Waals surface area contributed by atoms with Gasteiger partial charge in [-0.05, 0) is 12.8 Å². The summed E-state index contributed by atoms with van der Waals surface area (Å²) in [4.78, 5) is 10.4. The van der Waals surface area contributed by atoms with E-state index in [1.54, 1.807) is 6.07 Å². The van der Waals surface area contributed by atoms with E-state index in [4.69, 9.17) is 15.2 Å². The lowest BCUT2D eigenvalue weighted by Crippen LogP contribution is -2.45. The Hall–Kier alpha value is -1.82. The highest BCUT2D eigenvalue weighted by Crippen LogP contribution is 2.30. The number of nitro benzene ring substituents is 1. The highest BCUT2D eigenvalue weighted by atomic mass is 16.6. The number of rotatable bonds is 5. The molecule has 0 radical (unpaired) electrons. The number of methoxy groups -OCH3 is 1. The number of benzene rings is 1. The first-order valence-corrected chi connectivity index (χ1v) is 7.28. The lowest BCUT2D eigenvalue weighted by molar-refractivity contribution is -0.385. The van der Waals surface area contributed by atoms with Crippen molar-refractivity contribution in [2.45, 2.75) is 44.1 Å². The summed E-state index contributed by atoms with van der Waals surface area (Å²) in [6, 6.07) is 4.42. The van der Waals surface area contributed by atoms with Crippen LogP contribution >= 0.6 is 0 Å². The molecule has 0 aromatic heterocycles. The summed E-state index contributed by atoms with van der Waals surface area (Å²) < 4.78 is 10.8. The molecular weight excluding hydrogens is 272 g/mol. The Labute approximate surface area is 124 Å². The molecule has 2 rings (SSSR count). The fourth-order valence-corrected chi connectivity index (χ4v) is 2.67. The number of nitro groups is 1. The van der Waals surface area contributed by atoms with Gasteiger partial charge < -0.3 is 15.2 Å². The average Bonchev–Trinajstić information content (AvgIpc) is 2.70. The lowest BCUT2D eigenvalue weighted by Gasteiger charge is -2.27. The van der Waals surface area contributed by atoms with Gasteiger partial charge in [0.05, 0.1) is 29.7 Å². The van der Waals surface area contributed by atoms with E-state index in [-0.39, 0.29) is 11.2 Å². The van der Waals surface area contributed by atoms with Gasteiger partial charge in [-0.2, -0.15) is 0 Å². The van der Waals surface area contributed by atoms with E-state index in [0.29, 0.717) is 18.1 Å². The number of hydrogen-bond acceptors (Lipinski definition) is 5. The average molecular weight is 294 g/mol. The molecule has 0 atom stereocenters. The van der Waals surface area contributed by atoms with Gasteiger partial charge in [0.2, 0.25) is 0 Å². The fourth-order valence-electron chi connectivity index (χ4n) is 2.67. The Morgan fingerprint density at radius 1 is 1.19 bits per heavy atom. The first-order valence-electron chi connectivity index (χ1n) is 7.28. The monoisotopic (exact) mass is 294 g/mol. The van der Waals surface area contributed by atoms with Gasteiger partial charge in [-0.15, -0.1) is 0 Å². The van der Waals surface area contributed by atoms with E-state index >= 15 is 0 Å². The molecule has 116 valence electrons. The Kier molecular flexibility index (Phi) is 5.01. The molecule has 0 heterocycles. The maximum atomic E-state index is 10.9. The van der Waals surface area contributed by atoms with Gasteiger partial charge in [0.1, 0.15) is 18.1 Å². The minimum atomic E-state index is -0.459. The molecule has 1 aromatic rings. The Morgan fingerprint density at radius 2 is 1.81 bits per heavy atom. The van der Waals surface area contributed by atoms with Crippen LogP contribution in [0.4, 0.5) is 5.69 Å². The number of nitrogens with two attached hydrogens (primary N) is 1. The molecule has 1 aromatic carbocycles. The molecule has 6 heteroatoms. The molecule has 0 amide bonds. The second-order valence-corrected chi connectivity index (χ2v) is 5.69. The first-order chi connectivity index (χ1) is 10.0. The van der Waals surface area contributed by atoms with E-state index in [9.17, 15) is 10.1 Å². The number of hydrogen-bond donors (Lipinski definition) is 1. The second kappa shape index (κ2) is 6.76. The van der Waals surface area contributed by atoms with Crippen molar-refractivity contribution in [3.63, 3.8) is 0 Å². The van der Waals surface area contributed by atoms with Crippen molar-refractivity contribution < 1.29 is 14.4 Å². The van der Waals surface area contributed by atoms with E-state index in [1.165, 1.54) is 32.1 Å². The summed E-state index contributed by atoms with van der Waals surface area (Å²) in [6.07, 6.45) is 6.50. The summed E-state index contributed by atoms with van der Waals surface area (Å²) in [5.74, 6) is 0.834. The third-order valence-corrected chi connectivity index (χ3v) is 3.94. The van der Waals surface area contributed by atoms with Gasteiger partial charge in [0.15, 0.2) is 0 Å². The summed E-state index contributed by atoms with van der Waals surface area (Å²) in [5, 5.41) is 10.9. The molecule has 1 aliphatic carbocycles. The van der Waals surface area contributed by atoms with Gasteiger partial charge in [-0.25, -0.2) is 0 Å². The molecule has 21 heavy (non-hydrogen) atoms. The van der Waals surface area contributed by atoms with Crippen LogP contribution in [0.25, 0.3) is 0 Å². The van der Waals surface area contributed by atoms with E-state index in [1.807, 2.05) is 0 Å². The van der Waals surface area contributed by atoms with Crippen LogP contribution in [-0.2, 0) is 0 Å². The van der Waals surface area contributed by atoms with Crippen molar-refractivity contribution >= 4 is 5.69 Å². The third kappa shape index (κ3) is 4.32. The standard InChI is InChI=1S/C15H22N2O4/c1-20-13-8-12(17(18)19)9-14(10-13)21-11-15(16)6-4-2-3-5-7-15/h8-10H,2-7,11,16H2,1H3. The molecule has 0 saturated heterocycles. The number of nitrogens with zero attached hydrogens (tertiary/aromatic N) is 1. The smallest absolute Gasteiger partial charge is 0.276 e. The predicted octanol–water partition coefficient (Wildman–Crippen LogP) is 3.03. The van der Waals surface area contributed by atoms with Gasteiger partial charge >= 0.3 is 0 Å². The van der Waals surface area contributed by atoms with Crippen LogP contribution in [-0.4, -0.2) is 24.2 Å². The summed E-state index contributed by atoms with van der Waals surface area (Å²) in [7, 11) is 1.47. The Morgan fingerprint density at radius 3 is 2.38 bits per heavy atom. The molecule has 1 fully saturated rings. The second-order valence-electron chi connectivity index (χ2n) is 5.69.